The van der Waals surface area contributed by atoms with E-state index in [0.29, 0.717) is 6.54 Å². The molecule has 0 bridgehead atoms. The fraction of sp³-hybridized carbons (Fsp3) is 0.565. The van der Waals surface area contributed by atoms with E-state index in [-0.39, 0.29) is 11.7 Å². The SMILES string of the molecule is N#CC1(NC(=O)CSc2nnc(CN3CCCCC3)n2Cc2ccccc2)CCCC1. The molecule has 1 saturated carbocycles. The van der Waals surface area contributed by atoms with Gasteiger partial charge in [0.25, 0.3) is 0 Å². The summed E-state index contributed by atoms with van der Waals surface area (Å²) in [5.74, 6) is 1.07. The van der Waals surface area contributed by atoms with Gasteiger partial charge in [0.15, 0.2) is 5.16 Å². The van der Waals surface area contributed by atoms with Gasteiger partial charge in [-0.3, -0.25) is 9.69 Å². The number of nitrogens with zero attached hydrogens (tertiary/aromatic N) is 5. The van der Waals surface area contributed by atoms with Gasteiger partial charge in [-0.15, -0.1) is 10.2 Å². The van der Waals surface area contributed by atoms with Crippen molar-refractivity contribution in [3.63, 3.8) is 0 Å². The topological polar surface area (TPSA) is 86.8 Å². The first-order chi connectivity index (χ1) is 15.2. The zero-order chi connectivity index (χ0) is 21.5. The summed E-state index contributed by atoms with van der Waals surface area (Å²) >= 11 is 1.40. The van der Waals surface area contributed by atoms with Crippen LogP contribution in [0.5, 0.6) is 0 Å². The van der Waals surface area contributed by atoms with Crippen LogP contribution in [0.15, 0.2) is 35.5 Å². The van der Waals surface area contributed by atoms with Crippen LogP contribution in [-0.2, 0) is 17.9 Å². The number of likely N-dealkylation sites (tertiary alicyclic amines) is 1. The Balaban J connectivity index is 1.45. The van der Waals surface area contributed by atoms with E-state index in [0.717, 1.165) is 56.3 Å². The summed E-state index contributed by atoms with van der Waals surface area (Å²) in [6, 6.07) is 12.6. The van der Waals surface area contributed by atoms with Crippen molar-refractivity contribution in [3.05, 3.63) is 41.7 Å². The average molecular weight is 439 g/mol. The molecule has 1 N–H and O–H groups in total. The molecule has 1 amide bonds. The number of hydrogen-bond donors (Lipinski definition) is 1. The van der Waals surface area contributed by atoms with Crippen LogP contribution in [0.25, 0.3) is 0 Å². The Labute approximate surface area is 188 Å². The average Bonchev–Trinajstić information content (AvgIpc) is 3.42. The van der Waals surface area contributed by atoms with Crippen molar-refractivity contribution in [2.24, 2.45) is 0 Å². The molecule has 2 heterocycles. The molecule has 0 atom stereocenters. The van der Waals surface area contributed by atoms with Crippen molar-refractivity contribution in [1.29, 1.82) is 5.26 Å². The maximum absolute atomic E-state index is 12.6. The third-order valence-corrected chi connectivity index (χ3v) is 7.14. The van der Waals surface area contributed by atoms with E-state index in [2.05, 4.69) is 43.2 Å². The van der Waals surface area contributed by atoms with E-state index >= 15 is 0 Å². The molecule has 8 heteroatoms. The Morgan fingerprint density at radius 2 is 1.81 bits per heavy atom. The molecule has 1 saturated heterocycles. The minimum Gasteiger partial charge on any atom is -0.337 e. The zero-order valence-electron chi connectivity index (χ0n) is 17.9. The highest BCUT2D eigenvalue weighted by Crippen LogP contribution is 2.29. The van der Waals surface area contributed by atoms with E-state index in [9.17, 15) is 10.1 Å². The van der Waals surface area contributed by atoms with Crippen LogP contribution in [0.3, 0.4) is 0 Å². The van der Waals surface area contributed by atoms with E-state index in [4.69, 9.17) is 0 Å². The number of carbonyl (C=O) groups is 1. The number of benzene rings is 1. The summed E-state index contributed by atoms with van der Waals surface area (Å²) in [5.41, 5.74) is 0.497. The van der Waals surface area contributed by atoms with Crippen molar-refractivity contribution >= 4 is 17.7 Å². The summed E-state index contributed by atoms with van der Waals surface area (Å²) in [7, 11) is 0. The van der Waals surface area contributed by atoms with Gasteiger partial charge < -0.3 is 9.88 Å². The van der Waals surface area contributed by atoms with Crippen LogP contribution in [0.4, 0.5) is 0 Å². The standard InChI is InChI=1S/C23H30N6OS/c24-18-23(11-5-6-12-23)25-21(30)17-31-22-27-26-20(16-28-13-7-2-8-14-28)29(22)15-19-9-3-1-4-10-19/h1,3-4,9-10H,2,5-8,11-17H2,(H,25,30). The summed E-state index contributed by atoms with van der Waals surface area (Å²) in [6.45, 7) is 3.66. The smallest absolute Gasteiger partial charge is 0.231 e. The predicted molar refractivity (Wildman–Crippen MR) is 120 cm³/mol. The van der Waals surface area contributed by atoms with Crippen LogP contribution in [-0.4, -0.2) is 50.0 Å². The van der Waals surface area contributed by atoms with Crippen molar-refractivity contribution in [1.82, 2.24) is 25.0 Å². The highest BCUT2D eigenvalue weighted by Gasteiger charge is 2.35. The van der Waals surface area contributed by atoms with Crippen LogP contribution in [0.2, 0.25) is 0 Å². The number of amides is 1. The van der Waals surface area contributed by atoms with Gasteiger partial charge in [-0.1, -0.05) is 48.5 Å². The largest absolute Gasteiger partial charge is 0.337 e. The number of hydrogen-bond acceptors (Lipinski definition) is 6. The Hall–Kier alpha value is -2.37. The second-order valence-electron chi connectivity index (χ2n) is 8.55. The normalized spacial score (nSPS) is 18.5. The number of aromatic nitrogens is 3. The molecule has 0 unspecified atom stereocenters. The first-order valence-corrected chi connectivity index (χ1v) is 12.2. The number of thioether (sulfide) groups is 1. The molecule has 0 spiro atoms. The Bertz CT molecular complexity index is 910. The van der Waals surface area contributed by atoms with Crippen LogP contribution >= 0.6 is 11.8 Å². The van der Waals surface area contributed by atoms with Crippen LogP contribution in [0.1, 0.15) is 56.3 Å². The lowest BCUT2D eigenvalue weighted by Gasteiger charge is -2.26. The second kappa shape index (κ2) is 10.3. The van der Waals surface area contributed by atoms with Gasteiger partial charge in [-0.05, 0) is 57.2 Å². The van der Waals surface area contributed by atoms with Gasteiger partial charge in [0.2, 0.25) is 5.91 Å². The zero-order valence-corrected chi connectivity index (χ0v) is 18.7. The lowest BCUT2D eigenvalue weighted by atomic mass is 10.0. The lowest BCUT2D eigenvalue weighted by molar-refractivity contribution is -0.119. The fourth-order valence-corrected chi connectivity index (χ4v) is 5.22. The quantitative estimate of drug-likeness (QED) is 0.636. The van der Waals surface area contributed by atoms with E-state index < -0.39 is 5.54 Å². The third-order valence-electron chi connectivity index (χ3n) is 6.17. The van der Waals surface area contributed by atoms with Crippen LogP contribution < -0.4 is 5.32 Å². The highest BCUT2D eigenvalue weighted by atomic mass is 32.2. The monoisotopic (exact) mass is 438 g/mol. The fourth-order valence-electron chi connectivity index (χ4n) is 4.46. The minimum absolute atomic E-state index is 0.111. The molecule has 1 aromatic heterocycles. The van der Waals surface area contributed by atoms with Gasteiger partial charge in [-0.25, -0.2) is 0 Å². The number of carbonyl (C=O) groups excluding carboxylic acids is 1. The third kappa shape index (κ3) is 5.66. The van der Waals surface area contributed by atoms with Crippen molar-refractivity contribution in [3.8, 4) is 6.07 Å². The van der Waals surface area contributed by atoms with E-state index in [1.54, 1.807) is 0 Å². The summed E-state index contributed by atoms with van der Waals surface area (Å²) in [6.07, 6.45) is 7.23. The molecule has 4 rings (SSSR count). The molecule has 2 fully saturated rings. The summed E-state index contributed by atoms with van der Waals surface area (Å²) < 4.78 is 2.14. The van der Waals surface area contributed by atoms with Gasteiger partial charge >= 0.3 is 0 Å². The van der Waals surface area contributed by atoms with Gasteiger partial charge in [0.05, 0.1) is 24.9 Å². The molecule has 1 aliphatic heterocycles. The van der Waals surface area contributed by atoms with Gasteiger partial charge in [-0.2, -0.15) is 5.26 Å². The van der Waals surface area contributed by atoms with Crippen molar-refractivity contribution < 1.29 is 4.79 Å². The number of nitrogens with one attached hydrogen (secondary N) is 1. The molecular formula is C23H30N6OS. The van der Waals surface area contributed by atoms with Crippen molar-refractivity contribution in [2.45, 2.75) is 68.7 Å². The first-order valence-electron chi connectivity index (χ1n) is 11.2. The highest BCUT2D eigenvalue weighted by molar-refractivity contribution is 7.99. The minimum atomic E-state index is -0.686. The molecule has 1 aliphatic carbocycles. The lowest BCUT2D eigenvalue weighted by Crippen LogP contribution is -2.45. The molecule has 7 nitrogen and oxygen atoms in total. The maximum atomic E-state index is 12.6. The summed E-state index contributed by atoms with van der Waals surface area (Å²) in [4.78, 5) is 15.0. The van der Waals surface area contributed by atoms with Gasteiger partial charge in [0, 0.05) is 0 Å². The second-order valence-corrected chi connectivity index (χ2v) is 9.49. The summed E-state index contributed by atoms with van der Waals surface area (Å²) in [5, 5.41) is 22.1. The Morgan fingerprint density at radius 3 is 2.52 bits per heavy atom. The molecule has 2 aliphatic rings. The Morgan fingerprint density at radius 1 is 1.06 bits per heavy atom. The molecule has 0 radical (unpaired) electrons. The molecular weight excluding hydrogens is 408 g/mol. The Kier molecular flexibility index (Phi) is 7.25. The molecule has 2 aromatic rings. The number of rotatable bonds is 8. The maximum Gasteiger partial charge on any atom is 0.231 e. The number of nitriles is 1. The first kappa shape index (κ1) is 21.8. The van der Waals surface area contributed by atoms with E-state index in [1.807, 2.05) is 18.2 Å². The molecule has 1 aromatic carbocycles. The molecule has 164 valence electrons. The van der Waals surface area contributed by atoms with Crippen molar-refractivity contribution in [2.75, 3.05) is 18.8 Å². The predicted octanol–water partition coefficient (Wildman–Crippen LogP) is 3.36. The van der Waals surface area contributed by atoms with Gasteiger partial charge in [0.1, 0.15) is 11.4 Å². The molecule has 31 heavy (non-hydrogen) atoms. The van der Waals surface area contributed by atoms with E-state index in [1.165, 1.54) is 36.6 Å². The number of piperidine rings is 1. The van der Waals surface area contributed by atoms with Crippen LogP contribution in [0, 0.1) is 11.3 Å².